The maximum Gasteiger partial charge on any atom is 0.237 e. The van der Waals surface area contributed by atoms with Crippen molar-refractivity contribution in [2.45, 2.75) is 25.1 Å². The minimum absolute atomic E-state index is 0.0219. The van der Waals surface area contributed by atoms with E-state index in [2.05, 4.69) is 20.6 Å². The van der Waals surface area contributed by atoms with Crippen molar-refractivity contribution in [3.63, 3.8) is 0 Å². The summed E-state index contributed by atoms with van der Waals surface area (Å²) in [5.41, 5.74) is 0.845. The Labute approximate surface area is 151 Å². The summed E-state index contributed by atoms with van der Waals surface area (Å²) >= 11 is 0. The molecule has 1 saturated heterocycles. The van der Waals surface area contributed by atoms with Crippen LogP contribution in [0.25, 0.3) is 10.8 Å². The third-order valence-electron chi connectivity index (χ3n) is 4.49. The number of hydrogen-bond acceptors (Lipinski definition) is 5. The van der Waals surface area contributed by atoms with Crippen LogP contribution in [-0.2, 0) is 11.3 Å². The SMILES string of the molecule is O=C(NCc1ccccn1)[C@@H]1C[C@@H](Oc2ccc3cnccc3c2)CN1. The van der Waals surface area contributed by atoms with Gasteiger partial charge in [-0.3, -0.25) is 14.8 Å². The molecular weight excluding hydrogens is 328 g/mol. The molecule has 1 aromatic carbocycles. The van der Waals surface area contributed by atoms with E-state index in [1.807, 2.05) is 48.7 Å². The van der Waals surface area contributed by atoms with Gasteiger partial charge in [0.05, 0.1) is 18.3 Å². The smallest absolute Gasteiger partial charge is 0.237 e. The van der Waals surface area contributed by atoms with Gasteiger partial charge < -0.3 is 15.4 Å². The number of amides is 1. The van der Waals surface area contributed by atoms with Crippen molar-refractivity contribution in [3.8, 4) is 5.75 Å². The lowest BCUT2D eigenvalue weighted by atomic mass is 10.1. The summed E-state index contributed by atoms with van der Waals surface area (Å²) in [5, 5.41) is 8.33. The molecule has 2 atom stereocenters. The molecule has 1 amide bonds. The minimum Gasteiger partial charge on any atom is -0.489 e. The highest BCUT2D eigenvalue weighted by Crippen LogP contribution is 2.22. The van der Waals surface area contributed by atoms with E-state index in [1.165, 1.54) is 0 Å². The molecule has 0 unspecified atom stereocenters. The van der Waals surface area contributed by atoms with E-state index in [9.17, 15) is 4.79 Å². The second-order valence-corrected chi connectivity index (χ2v) is 6.36. The third-order valence-corrected chi connectivity index (χ3v) is 4.49. The summed E-state index contributed by atoms with van der Waals surface area (Å²) in [7, 11) is 0. The molecule has 132 valence electrons. The molecule has 1 aliphatic rings. The van der Waals surface area contributed by atoms with E-state index in [-0.39, 0.29) is 18.1 Å². The van der Waals surface area contributed by atoms with Crippen molar-refractivity contribution in [3.05, 3.63) is 66.7 Å². The number of ether oxygens (including phenoxy) is 1. The molecule has 0 bridgehead atoms. The number of benzene rings is 1. The van der Waals surface area contributed by atoms with Crippen molar-refractivity contribution in [1.82, 2.24) is 20.6 Å². The molecular formula is C20H20N4O2. The van der Waals surface area contributed by atoms with E-state index in [0.29, 0.717) is 19.5 Å². The first-order valence-corrected chi connectivity index (χ1v) is 8.69. The first-order chi connectivity index (χ1) is 12.8. The maximum absolute atomic E-state index is 12.3. The van der Waals surface area contributed by atoms with Gasteiger partial charge in [-0.2, -0.15) is 0 Å². The fourth-order valence-electron chi connectivity index (χ4n) is 3.12. The number of carbonyl (C=O) groups excluding carboxylic acids is 1. The van der Waals surface area contributed by atoms with Crippen LogP contribution in [-0.4, -0.2) is 34.6 Å². The van der Waals surface area contributed by atoms with E-state index < -0.39 is 0 Å². The molecule has 6 heteroatoms. The van der Waals surface area contributed by atoms with Crippen LogP contribution in [0.4, 0.5) is 0 Å². The average molecular weight is 348 g/mol. The van der Waals surface area contributed by atoms with Gasteiger partial charge in [0.15, 0.2) is 0 Å². The van der Waals surface area contributed by atoms with Crippen LogP contribution in [0.15, 0.2) is 61.1 Å². The standard InChI is InChI=1S/C20H20N4O2/c25-20(24-12-16-3-1-2-7-22-16)19-10-18(13-23-19)26-17-5-4-15-11-21-8-6-14(15)9-17/h1-9,11,18-19,23H,10,12-13H2,(H,24,25)/t18-,19+/m1/s1. The Hall–Kier alpha value is -2.99. The van der Waals surface area contributed by atoms with Crippen LogP contribution in [0.5, 0.6) is 5.75 Å². The molecule has 0 spiro atoms. The lowest BCUT2D eigenvalue weighted by Crippen LogP contribution is -2.40. The molecule has 2 N–H and O–H groups in total. The zero-order valence-electron chi connectivity index (χ0n) is 14.3. The Morgan fingerprint density at radius 2 is 2.15 bits per heavy atom. The van der Waals surface area contributed by atoms with Gasteiger partial charge in [0.2, 0.25) is 5.91 Å². The molecule has 1 fully saturated rings. The Kier molecular flexibility index (Phi) is 4.75. The Balaban J connectivity index is 1.32. The van der Waals surface area contributed by atoms with Crippen LogP contribution >= 0.6 is 0 Å². The molecule has 3 heterocycles. The zero-order valence-corrected chi connectivity index (χ0v) is 14.3. The summed E-state index contributed by atoms with van der Waals surface area (Å²) in [6, 6.07) is 13.3. The largest absolute Gasteiger partial charge is 0.489 e. The molecule has 0 aliphatic carbocycles. The lowest BCUT2D eigenvalue weighted by Gasteiger charge is -2.14. The molecule has 26 heavy (non-hydrogen) atoms. The maximum atomic E-state index is 12.3. The second kappa shape index (κ2) is 7.49. The number of carbonyl (C=O) groups is 1. The summed E-state index contributed by atoms with van der Waals surface area (Å²) in [6.07, 6.45) is 5.94. The van der Waals surface area contributed by atoms with Gasteiger partial charge in [0, 0.05) is 36.9 Å². The number of pyridine rings is 2. The highest BCUT2D eigenvalue weighted by atomic mass is 16.5. The molecule has 3 aromatic rings. The van der Waals surface area contributed by atoms with Crippen molar-refractivity contribution >= 4 is 16.7 Å². The van der Waals surface area contributed by atoms with Gasteiger partial charge >= 0.3 is 0 Å². The molecule has 0 radical (unpaired) electrons. The number of hydrogen-bond donors (Lipinski definition) is 2. The third kappa shape index (κ3) is 3.81. The fraction of sp³-hybridized carbons (Fsp3) is 0.250. The summed E-state index contributed by atoms with van der Waals surface area (Å²) < 4.78 is 6.05. The first kappa shape index (κ1) is 16.5. The minimum atomic E-state index is -0.242. The number of rotatable bonds is 5. The second-order valence-electron chi connectivity index (χ2n) is 6.36. The van der Waals surface area contributed by atoms with E-state index in [1.54, 1.807) is 12.4 Å². The first-order valence-electron chi connectivity index (χ1n) is 8.69. The van der Waals surface area contributed by atoms with E-state index >= 15 is 0 Å². The number of nitrogens with zero attached hydrogens (tertiary/aromatic N) is 2. The number of fused-ring (bicyclic) bond motifs is 1. The number of aromatic nitrogens is 2. The van der Waals surface area contributed by atoms with Crippen molar-refractivity contribution in [2.75, 3.05) is 6.54 Å². The van der Waals surface area contributed by atoms with Crippen LogP contribution < -0.4 is 15.4 Å². The quantitative estimate of drug-likeness (QED) is 0.738. The van der Waals surface area contributed by atoms with Gasteiger partial charge in [-0.25, -0.2) is 0 Å². The normalized spacial score (nSPS) is 19.4. The van der Waals surface area contributed by atoms with Gasteiger partial charge in [-0.1, -0.05) is 6.07 Å². The van der Waals surface area contributed by atoms with Crippen molar-refractivity contribution in [2.24, 2.45) is 0 Å². The van der Waals surface area contributed by atoms with Crippen molar-refractivity contribution in [1.29, 1.82) is 0 Å². The summed E-state index contributed by atoms with van der Waals surface area (Å²) in [5.74, 6) is 0.788. The van der Waals surface area contributed by atoms with Crippen LogP contribution in [0.3, 0.4) is 0 Å². The van der Waals surface area contributed by atoms with Gasteiger partial charge in [0.25, 0.3) is 0 Å². The summed E-state index contributed by atoms with van der Waals surface area (Å²) in [4.78, 5) is 20.7. The molecule has 1 aliphatic heterocycles. The topological polar surface area (TPSA) is 76.1 Å². The van der Waals surface area contributed by atoms with E-state index in [0.717, 1.165) is 22.2 Å². The predicted molar refractivity (Wildman–Crippen MR) is 98.7 cm³/mol. The molecule has 6 nitrogen and oxygen atoms in total. The average Bonchev–Trinajstić information content (AvgIpc) is 3.15. The molecule has 0 saturated carbocycles. The van der Waals surface area contributed by atoms with Crippen LogP contribution in [0.2, 0.25) is 0 Å². The zero-order chi connectivity index (χ0) is 17.8. The van der Waals surface area contributed by atoms with Gasteiger partial charge in [0.1, 0.15) is 11.9 Å². The van der Waals surface area contributed by atoms with Gasteiger partial charge in [-0.05, 0) is 41.8 Å². The lowest BCUT2D eigenvalue weighted by molar-refractivity contribution is -0.123. The summed E-state index contributed by atoms with van der Waals surface area (Å²) in [6.45, 7) is 1.08. The molecule has 4 rings (SSSR count). The monoisotopic (exact) mass is 348 g/mol. The Morgan fingerprint density at radius 1 is 1.19 bits per heavy atom. The molecule has 2 aromatic heterocycles. The highest BCUT2D eigenvalue weighted by Gasteiger charge is 2.30. The van der Waals surface area contributed by atoms with Crippen LogP contribution in [0, 0.1) is 0 Å². The van der Waals surface area contributed by atoms with Crippen LogP contribution in [0.1, 0.15) is 12.1 Å². The van der Waals surface area contributed by atoms with Gasteiger partial charge in [-0.15, -0.1) is 0 Å². The fourth-order valence-corrected chi connectivity index (χ4v) is 3.12. The van der Waals surface area contributed by atoms with Crippen molar-refractivity contribution < 1.29 is 9.53 Å². The van der Waals surface area contributed by atoms with E-state index in [4.69, 9.17) is 4.74 Å². The predicted octanol–water partition coefficient (Wildman–Crippen LogP) is 2.06. The highest BCUT2D eigenvalue weighted by molar-refractivity contribution is 5.83. The number of nitrogens with one attached hydrogen (secondary N) is 2. The Bertz CT molecular complexity index is 900. The Morgan fingerprint density at radius 3 is 3.04 bits per heavy atom.